The highest BCUT2D eigenvalue weighted by molar-refractivity contribution is 7.89. The Morgan fingerprint density at radius 1 is 0.833 bits per heavy atom. The van der Waals surface area contributed by atoms with Crippen molar-refractivity contribution in [3.8, 4) is 34.1 Å². The van der Waals surface area contributed by atoms with Gasteiger partial charge in [-0.1, -0.05) is 66.7 Å². The van der Waals surface area contributed by atoms with E-state index in [4.69, 9.17) is 14.5 Å². The van der Waals surface area contributed by atoms with Crippen molar-refractivity contribution in [2.24, 2.45) is 5.14 Å². The maximum absolute atomic E-state index is 11.6. The molecule has 0 bridgehead atoms. The Bertz CT molecular complexity index is 1450. The number of furan rings is 1. The summed E-state index contributed by atoms with van der Waals surface area (Å²) in [6.07, 6.45) is 1.70. The van der Waals surface area contributed by atoms with Crippen LogP contribution in [0.1, 0.15) is 0 Å². The first-order valence-corrected chi connectivity index (χ1v) is 10.8. The zero-order chi connectivity index (χ0) is 20.7. The van der Waals surface area contributed by atoms with Gasteiger partial charge >= 0.3 is 0 Å². The molecule has 0 radical (unpaired) electrons. The van der Waals surface area contributed by atoms with Crippen LogP contribution >= 0.6 is 0 Å². The van der Waals surface area contributed by atoms with Gasteiger partial charge in [-0.15, -0.1) is 0 Å². The Kier molecular flexibility index (Phi) is 4.27. The summed E-state index contributed by atoms with van der Waals surface area (Å²) >= 11 is 0. The minimum Gasteiger partial charge on any atom is -0.460 e. The molecule has 0 unspecified atom stereocenters. The van der Waals surface area contributed by atoms with Crippen LogP contribution < -0.4 is 5.14 Å². The Balaban J connectivity index is 1.70. The fourth-order valence-corrected chi connectivity index (χ4v) is 4.00. The van der Waals surface area contributed by atoms with E-state index in [2.05, 4.69) is 4.98 Å². The third kappa shape index (κ3) is 3.20. The minimum absolute atomic E-state index is 0.0595. The number of fused-ring (bicyclic) bond motifs is 1. The van der Waals surface area contributed by atoms with Crippen molar-refractivity contribution in [2.75, 3.05) is 0 Å². The van der Waals surface area contributed by atoms with E-state index in [-0.39, 0.29) is 4.90 Å². The Morgan fingerprint density at radius 3 is 2.27 bits per heavy atom. The summed E-state index contributed by atoms with van der Waals surface area (Å²) in [5.41, 5.74) is 3.23. The highest BCUT2D eigenvalue weighted by Crippen LogP contribution is 2.36. The number of sulfonamides is 1. The molecule has 0 aliphatic rings. The molecule has 0 aliphatic heterocycles. The molecule has 2 aromatic heterocycles. The molecule has 0 spiro atoms. The summed E-state index contributed by atoms with van der Waals surface area (Å²) in [7, 11) is -3.76. The molecule has 0 fully saturated rings. The normalized spacial score (nSPS) is 11.8. The summed E-state index contributed by atoms with van der Waals surface area (Å²) in [5, 5.41) is 7.18. The number of primary sulfonamides is 1. The highest BCUT2D eigenvalue weighted by Gasteiger charge is 2.19. The van der Waals surface area contributed by atoms with Gasteiger partial charge in [0.25, 0.3) is 0 Å². The van der Waals surface area contributed by atoms with Gasteiger partial charge in [-0.2, -0.15) is 0 Å². The zero-order valence-corrected chi connectivity index (χ0v) is 16.6. The van der Waals surface area contributed by atoms with Crippen LogP contribution in [0.2, 0.25) is 0 Å². The van der Waals surface area contributed by atoms with Crippen molar-refractivity contribution in [1.29, 1.82) is 0 Å². The van der Waals surface area contributed by atoms with Gasteiger partial charge in [0, 0.05) is 21.9 Å². The molecule has 0 saturated carbocycles. The number of H-pyrrole nitrogens is 1. The third-order valence-corrected chi connectivity index (χ3v) is 5.88. The third-order valence-electron chi connectivity index (χ3n) is 4.95. The molecular formula is C23H17N3O3S. The summed E-state index contributed by atoms with van der Waals surface area (Å²) in [6.45, 7) is 0. The lowest BCUT2D eigenvalue weighted by Crippen LogP contribution is -2.11. The largest absolute Gasteiger partial charge is 0.460 e. The number of nitrogens with two attached hydrogens (primary N) is 1. The summed E-state index contributed by atoms with van der Waals surface area (Å²) < 4.78 is 29.0. The first-order chi connectivity index (χ1) is 14.5. The molecule has 0 atom stereocenters. The van der Waals surface area contributed by atoms with Crippen LogP contribution in [0.4, 0.5) is 0 Å². The molecular weight excluding hydrogens is 398 g/mol. The smallest absolute Gasteiger partial charge is 0.238 e. The van der Waals surface area contributed by atoms with E-state index in [1.807, 2.05) is 54.6 Å². The number of rotatable bonds is 4. The predicted octanol–water partition coefficient (Wildman–Crippen LogP) is 4.80. The Hall–Kier alpha value is -3.68. The number of imidazole rings is 1. The number of nitrogens with zero attached hydrogens (tertiary/aromatic N) is 1. The van der Waals surface area contributed by atoms with Crippen LogP contribution in [0, 0.1) is 0 Å². The summed E-state index contributed by atoms with van der Waals surface area (Å²) in [6, 6.07) is 24.1. The van der Waals surface area contributed by atoms with E-state index < -0.39 is 10.0 Å². The second-order valence-electron chi connectivity index (χ2n) is 6.90. The van der Waals surface area contributed by atoms with Crippen LogP contribution in [0.3, 0.4) is 0 Å². The van der Waals surface area contributed by atoms with Gasteiger partial charge in [-0.3, -0.25) is 0 Å². The standard InChI is InChI=1S/C23H17N3O3S/c24-30(27,28)18-12-10-16(11-13-18)21-20(15-6-2-1-3-7-15)25-23(26-21)22-19-9-5-4-8-17(19)14-29-22/h1-14H,(H,25,26)(H2,24,27,28). The van der Waals surface area contributed by atoms with Crippen LogP contribution in [-0.2, 0) is 10.0 Å². The van der Waals surface area contributed by atoms with Gasteiger partial charge in [0.15, 0.2) is 11.6 Å². The first-order valence-electron chi connectivity index (χ1n) is 9.26. The molecule has 0 saturated heterocycles. The van der Waals surface area contributed by atoms with Crippen molar-refractivity contribution in [1.82, 2.24) is 9.97 Å². The number of aromatic amines is 1. The second-order valence-corrected chi connectivity index (χ2v) is 8.46. The van der Waals surface area contributed by atoms with Gasteiger partial charge < -0.3 is 9.40 Å². The van der Waals surface area contributed by atoms with Gasteiger partial charge in [0.1, 0.15) is 0 Å². The Morgan fingerprint density at radius 2 is 1.53 bits per heavy atom. The number of hydrogen-bond donors (Lipinski definition) is 2. The molecule has 30 heavy (non-hydrogen) atoms. The maximum atomic E-state index is 11.6. The summed E-state index contributed by atoms with van der Waals surface area (Å²) in [4.78, 5) is 8.25. The van der Waals surface area contributed by atoms with Gasteiger partial charge in [-0.25, -0.2) is 18.5 Å². The fourth-order valence-electron chi connectivity index (χ4n) is 3.48. The number of aromatic nitrogens is 2. The lowest BCUT2D eigenvalue weighted by Gasteiger charge is -2.04. The molecule has 5 rings (SSSR count). The molecule has 3 aromatic carbocycles. The van der Waals surface area contributed by atoms with Crippen molar-refractivity contribution in [3.05, 3.63) is 85.1 Å². The van der Waals surface area contributed by atoms with Gasteiger partial charge in [0.05, 0.1) is 22.5 Å². The van der Waals surface area contributed by atoms with Crippen LogP contribution in [0.25, 0.3) is 44.9 Å². The Labute approximate surface area is 173 Å². The van der Waals surface area contributed by atoms with Crippen LogP contribution in [-0.4, -0.2) is 18.4 Å². The monoisotopic (exact) mass is 415 g/mol. The zero-order valence-electron chi connectivity index (χ0n) is 15.7. The number of hydrogen-bond acceptors (Lipinski definition) is 4. The van der Waals surface area contributed by atoms with E-state index in [1.54, 1.807) is 18.4 Å². The van der Waals surface area contributed by atoms with E-state index in [9.17, 15) is 8.42 Å². The molecule has 3 N–H and O–H groups in total. The quantitative estimate of drug-likeness (QED) is 0.440. The van der Waals surface area contributed by atoms with Crippen molar-refractivity contribution in [3.63, 3.8) is 0 Å². The molecule has 0 aliphatic carbocycles. The molecule has 148 valence electrons. The summed E-state index contributed by atoms with van der Waals surface area (Å²) in [5.74, 6) is 1.25. The molecule has 5 aromatic rings. The van der Waals surface area contributed by atoms with Crippen LogP contribution in [0.5, 0.6) is 0 Å². The maximum Gasteiger partial charge on any atom is 0.238 e. The van der Waals surface area contributed by atoms with E-state index in [0.717, 1.165) is 33.3 Å². The van der Waals surface area contributed by atoms with Crippen LogP contribution in [0.15, 0.2) is 94.4 Å². The fraction of sp³-hybridized carbons (Fsp3) is 0. The first kappa shape index (κ1) is 18.4. The van der Waals surface area contributed by atoms with Crippen molar-refractivity contribution in [2.45, 2.75) is 4.90 Å². The predicted molar refractivity (Wildman–Crippen MR) is 116 cm³/mol. The topological polar surface area (TPSA) is 102 Å². The molecule has 2 heterocycles. The lowest BCUT2D eigenvalue weighted by molar-refractivity contribution is 0.583. The van der Waals surface area contributed by atoms with E-state index >= 15 is 0 Å². The van der Waals surface area contributed by atoms with E-state index in [0.29, 0.717) is 11.6 Å². The number of nitrogens with one attached hydrogen (secondary N) is 1. The minimum atomic E-state index is -3.76. The highest BCUT2D eigenvalue weighted by atomic mass is 32.2. The van der Waals surface area contributed by atoms with Crippen molar-refractivity contribution >= 4 is 20.8 Å². The van der Waals surface area contributed by atoms with Gasteiger partial charge in [-0.05, 0) is 12.1 Å². The average Bonchev–Trinajstić information content (AvgIpc) is 3.38. The molecule has 7 heteroatoms. The SMILES string of the molecule is NS(=O)(=O)c1ccc(-c2[nH]c(-c3occ4ccccc34)nc2-c2ccccc2)cc1. The van der Waals surface area contributed by atoms with E-state index in [1.165, 1.54) is 12.1 Å². The average molecular weight is 415 g/mol. The molecule has 0 amide bonds. The lowest BCUT2D eigenvalue weighted by atomic mass is 10.1. The number of benzene rings is 3. The van der Waals surface area contributed by atoms with Gasteiger partial charge in [0.2, 0.25) is 10.0 Å². The second kappa shape index (κ2) is 6.98. The molecule has 6 nitrogen and oxygen atoms in total. The van der Waals surface area contributed by atoms with Crippen molar-refractivity contribution < 1.29 is 12.8 Å².